The summed E-state index contributed by atoms with van der Waals surface area (Å²) in [5.74, 6) is 1.22. The smallest absolute Gasteiger partial charge is 0.192 e. The molecule has 0 aliphatic carbocycles. The molecule has 2 aromatic heterocycles. The highest BCUT2D eigenvalue weighted by Crippen LogP contribution is 2.36. The van der Waals surface area contributed by atoms with Gasteiger partial charge in [0.2, 0.25) is 0 Å². The van der Waals surface area contributed by atoms with Gasteiger partial charge >= 0.3 is 0 Å². The van der Waals surface area contributed by atoms with Crippen LogP contribution in [0.15, 0.2) is 69.9 Å². The topological polar surface area (TPSA) is 106 Å². The van der Waals surface area contributed by atoms with Crippen LogP contribution in [0.3, 0.4) is 0 Å². The molecule has 0 aliphatic rings. The van der Waals surface area contributed by atoms with Crippen LogP contribution >= 0.6 is 31.9 Å². The van der Waals surface area contributed by atoms with E-state index in [0.29, 0.717) is 31.3 Å². The highest BCUT2D eigenvalue weighted by molar-refractivity contribution is 9.10. The highest BCUT2D eigenvalue weighted by Gasteiger charge is 2.37. The molecule has 0 saturated heterocycles. The van der Waals surface area contributed by atoms with Crippen molar-refractivity contribution in [3.8, 4) is 22.5 Å². The number of benzene rings is 2. The zero-order chi connectivity index (χ0) is 33.8. The summed E-state index contributed by atoms with van der Waals surface area (Å²) < 4.78 is 12.1. The molecule has 0 aliphatic heterocycles. The molecule has 0 saturated carbocycles. The third-order valence-corrected chi connectivity index (χ3v) is 13.5. The van der Waals surface area contributed by atoms with Crippen LogP contribution in [0.25, 0.3) is 22.5 Å². The van der Waals surface area contributed by atoms with E-state index in [2.05, 4.69) is 70.7 Å². The number of aromatic nitrogens is 4. The minimum atomic E-state index is -1.79. The summed E-state index contributed by atoms with van der Waals surface area (Å²) in [4.78, 5) is 9.19. The minimum Gasteiger partial charge on any atom is -0.415 e. The fourth-order valence-corrected chi connectivity index (χ4v) is 5.96. The summed E-state index contributed by atoms with van der Waals surface area (Å²) in [6.45, 7) is 19.9. The van der Waals surface area contributed by atoms with E-state index in [9.17, 15) is 10.2 Å². The first-order chi connectivity index (χ1) is 20.7. The molecule has 4 rings (SSSR count). The third-order valence-electron chi connectivity index (χ3n) is 7.87. The molecular formula is C36H56Br2N4O4Si. The predicted octanol–water partition coefficient (Wildman–Crippen LogP) is 9.37. The molecule has 262 valence electrons. The Hall–Kier alpha value is -2.12. The Morgan fingerprint density at radius 1 is 0.681 bits per heavy atom. The second-order valence-electron chi connectivity index (χ2n) is 13.8. The maximum Gasteiger partial charge on any atom is 0.192 e. The van der Waals surface area contributed by atoms with Crippen LogP contribution in [0, 0.1) is 0 Å². The van der Waals surface area contributed by atoms with Crippen molar-refractivity contribution in [3.05, 3.63) is 81.5 Å². The van der Waals surface area contributed by atoms with Gasteiger partial charge in [0, 0.05) is 45.6 Å². The van der Waals surface area contributed by atoms with Crippen LogP contribution in [-0.2, 0) is 28.7 Å². The van der Waals surface area contributed by atoms with Gasteiger partial charge in [-0.05, 0) is 70.1 Å². The number of aliphatic hydroxyl groups is 3. The van der Waals surface area contributed by atoms with Crippen LogP contribution in [0.5, 0.6) is 0 Å². The quantitative estimate of drug-likeness (QED) is 0.138. The molecule has 0 radical (unpaired) electrons. The van der Waals surface area contributed by atoms with Crippen molar-refractivity contribution in [2.45, 2.75) is 106 Å². The number of aliphatic hydroxyl groups excluding tert-OH is 1. The van der Waals surface area contributed by atoms with Crippen LogP contribution in [0.1, 0.15) is 75.0 Å². The maximum absolute atomic E-state index is 10.5. The molecule has 0 unspecified atom stereocenters. The normalized spacial score (nSPS) is 12.1. The number of hydrogen-bond acceptors (Lipinski definition) is 6. The van der Waals surface area contributed by atoms with Gasteiger partial charge in [-0.3, -0.25) is 0 Å². The first kappa shape index (κ1) is 42.9. The van der Waals surface area contributed by atoms with Gasteiger partial charge in [0.05, 0.1) is 24.6 Å². The lowest BCUT2D eigenvalue weighted by Crippen LogP contribution is -2.41. The summed E-state index contributed by atoms with van der Waals surface area (Å²) in [5, 5.41) is 29.9. The van der Waals surface area contributed by atoms with E-state index in [1.807, 2.05) is 65.5 Å². The van der Waals surface area contributed by atoms with Crippen molar-refractivity contribution >= 4 is 40.2 Å². The molecule has 0 amide bonds. The number of halogens is 2. The summed E-state index contributed by atoms with van der Waals surface area (Å²) in [6.07, 6.45) is 3.86. The molecule has 2 heterocycles. The van der Waals surface area contributed by atoms with E-state index < -0.39 is 19.5 Å². The zero-order valence-corrected chi connectivity index (χ0v) is 32.1. The molecule has 11 heteroatoms. The van der Waals surface area contributed by atoms with Gasteiger partial charge in [-0.15, -0.1) is 0 Å². The van der Waals surface area contributed by atoms with Crippen molar-refractivity contribution < 1.29 is 19.7 Å². The fourth-order valence-electron chi connectivity index (χ4n) is 4.39. The molecule has 4 aromatic rings. The molecule has 3 N–H and O–H groups in total. The van der Waals surface area contributed by atoms with Gasteiger partial charge in [-0.1, -0.05) is 91.7 Å². The Bertz CT molecular complexity index is 1530. The SMILES string of the molecule is C.C.CC(C)(O)c1nc(-c2ccc(Br)cc2)cn1CCO.CC(C)(O)c1nc(-c2ccc(Br)cc2)cn1CCO[Si](C)(C)C(C)(C)C. The van der Waals surface area contributed by atoms with Crippen molar-refractivity contribution in [2.24, 2.45) is 0 Å². The molecule has 0 fully saturated rings. The van der Waals surface area contributed by atoms with E-state index in [0.717, 1.165) is 31.5 Å². The molecule has 0 atom stereocenters. The Balaban J connectivity index is 0.000000470. The average Bonchev–Trinajstić information content (AvgIpc) is 3.55. The summed E-state index contributed by atoms with van der Waals surface area (Å²) in [7, 11) is -1.79. The average molecular weight is 797 g/mol. The van der Waals surface area contributed by atoms with E-state index in [-0.39, 0.29) is 26.5 Å². The highest BCUT2D eigenvalue weighted by atomic mass is 79.9. The van der Waals surface area contributed by atoms with Gasteiger partial charge in [0.15, 0.2) is 8.32 Å². The molecule has 47 heavy (non-hydrogen) atoms. The lowest BCUT2D eigenvalue weighted by molar-refractivity contribution is 0.0632. The monoisotopic (exact) mass is 794 g/mol. The van der Waals surface area contributed by atoms with Gasteiger partial charge < -0.3 is 28.9 Å². The van der Waals surface area contributed by atoms with Gasteiger partial charge in [0.25, 0.3) is 0 Å². The van der Waals surface area contributed by atoms with E-state index in [1.165, 1.54) is 0 Å². The molecule has 8 nitrogen and oxygen atoms in total. The van der Waals surface area contributed by atoms with Crippen molar-refractivity contribution in [3.63, 3.8) is 0 Å². The van der Waals surface area contributed by atoms with Crippen molar-refractivity contribution in [2.75, 3.05) is 13.2 Å². The molecule has 0 bridgehead atoms. The van der Waals surface area contributed by atoms with E-state index in [4.69, 9.17) is 14.5 Å². The standard InChI is InChI=1S/C20H31BrN2O2Si.C14H17BrN2O2.2CH4/c1-19(2,3)26(6,7)25-13-12-23-14-17(22-18(23)20(4,5)24)15-8-10-16(21)11-9-15;1-14(2,19)13-16-12(9-17(13)7-8-18)10-3-5-11(15)6-4-10;;/h8-11,14,24H,12-13H2,1-7H3;3-6,9,18-19H,7-8H2,1-2H3;2*1H4. The maximum atomic E-state index is 10.5. The first-order valence-corrected chi connectivity index (χ1v) is 19.6. The number of hydrogen-bond donors (Lipinski definition) is 3. The number of nitrogens with zero attached hydrogens (tertiary/aromatic N) is 4. The Morgan fingerprint density at radius 3 is 1.36 bits per heavy atom. The van der Waals surface area contributed by atoms with Crippen LogP contribution in [0.2, 0.25) is 18.1 Å². The summed E-state index contributed by atoms with van der Waals surface area (Å²) in [5.41, 5.74) is 1.61. The second-order valence-corrected chi connectivity index (χ2v) is 20.4. The Morgan fingerprint density at radius 2 is 1.04 bits per heavy atom. The lowest BCUT2D eigenvalue weighted by atomic mass is 10.1. The summed E-state index contributed by atoms with van der Waals surface area (Å²) in [6, 6.07) is 15.9. The number of rotatable bonds is 10. The first-order valence-electron chi connectivity index (χ1n) is 15.1. The Labute approximate surface area is 300 Å². The summed E-state index contributed by atoms with van der Waals surface area (Å²) >= 11 is 6.86. The lowest BCUT2D eigenvalue weighted by Gasteiger charge is -2.36. The Kier molecular flexibility index (Phi) is 15.5. The zero-order valence-electron chi connectivity index (χ0n) is 27.9. The molecule has 0 spiro atoms. The van der Waals surface area contributed by atoms with E-state index >= 15 is 0 Å². The van der Waals surface area contributed by atoms with Crippen LogP contribution < -0.4 is 0 Å². The van der Waals surface area contributed by atoms with Crippen molar-refractivity contribution in [1.29, 1.82) is 0 Å². The second kappa shape index (κ2) is 17.0. The predicted molar refractivity (Wildman–Crippen MR) is 205 cm³/mol. The third kappa shape index (κ3) is 11.8. The number of imidazole rings is 2. The van der Waals surface area contributed by atoms with Gasteiger partial charge in [0.1, 0.15) is 22.9 Å². The van der Waals surface area contributed by atoms with Crippen LogP contribution in [-0.4, -0.2) is 56.0 Å². The van der Waals surface area contributed by atoms with Gasteiger partial charge in [-0.2, -0.15) is 0 Å². The van der Waals surface area contributed by atoms with Gasteiger partial charge in [-0.25, -0.2) is 9.97 Å². The largest absolute Gasteiger partial charge is 0.415 e. The molecule has 2 aromatic carbocycles. The minimum absolute atomic E-state index is 0. The van der Waals surface area contributed by atoms with Crippen LogP contribution in [0.4, 0.5) is 0 Å². The van der Waals surface area contributed by atoms with Crippen molar-refractivity contribution in [1.82, 2.24) is 19.1 Å². The van der Waals surface area contributed by atoms with E-state index in [1.54, 1.807) is 32.3 Å². The molecular weight excluding hydrogens is 740 g/mol. The fraction of sp³-hybridized carbons (Fsp3) is 0.500.